The van der Waals surface area contributed by atoms with Crippen LogP contribution in [0.15, 0.2) is 18.2 Å². The second-order valence-electron chi connectivity index (χ2n) is 7.21. The topological polar surface area (TPSA) is 43.9 Å². The lowest BCUT2D eigenvalue weighted by atomic mass is 9.94. The van der Waals surface area contributed by atoms with Crippen molar-refractivity contribution in [3.63, 3.8) is 0 Å². The monoisotopic (exact) mass is 397 g/mol. The van der Waals surface area contributed by atoms with Crippen molar-refractivity contribution in [1.82, 2.24) is 14.7 Å². The van der Waals surface area contributed by atoms with Gasteiger partial charge in [0.2, 0.25) is 11.8 Å². The van der Waals surface area contributed by atoms with E-state index < -0.39 is 0 Å². The fourth-order valence-corrected chi connectivity index (χ4v) is 3.92. The van der Waals surface area contributed by atoms with Crippen molar-refractivity contribution in [3.05, 3.63) is 33.8 Å². The van der Waals surface area contributed by atoms with E-state index >= 15 is 0 Å². The molecule has 0 unspecified atom stereocenters. The second kappa shape index (κ2) is 8.59. The molecule has 1 aromatic rings. The highest BCUT2D eigenvalue weighted by Crippen LogP contribution is 2.24. The molecule has 26 heavy (non-hydrogen) atoms. The minimum Gasteiger partial charge on any atom is -0.342 e. The number of likely N-dealkylation sites (N-methyl/N-ethyl adjacent to an activating group) is 1. The van der Waals surface area contributed by atoms with E-state index in [9.17, 15) is 9.59 Å². The van der Waals surface area contributed by atoms with Crippen LogP contribution < -0.4 is 0 Å². The Hall–Kier alpha value is -1.30. The number of rotatable bonds is 3. The molecule has 0 atom stereocenters. The minimum atomic E-state index is 0.0485. The molecule has 3 rings (SSSR count). The average Bonchev–Trinajstić information content (AvgIpc) is 2.65. The van der Waals surface area contributed by atoms with Crippen LogP contribution in [0.4, 0.5) is 0 Å². The summed E-state index contributed by atoms with van der Waals surface area (Å²) in [6, 6.07) is 5.29. The Kier molecular flexibility index (Phi) is 6.43. The van der Waals surface area contributed by atoms with E-state index in [0.717, 1.165) is 44.6 Å². The third-order valence-electron chi connectivity index (χ3n) is 5.35. The Morgan fingerprint density at radius 2 is 1.62 bits per heavy atom. The Labute approximate surface area is 164 Å². The lowest BCUT2D eigenvalue weighted by Gasteiger charge is -2.37. The molecule has 0 N–H and O–H groups in total. The van der Waals surface area contributed by atoms with Crippen molar-refractivity contribution >= 4 is 35.0 Å². The van der Waals surface area contributed by atoms with Crippen molar-refractivity contribution in [3.8, 4) is 0 Å². The van der Waals surface area contributed by atoms with Gasteiger partial charge in [-0.25, -0.2) is 0 Å². The van der Waals surface area contributed by atoms with Gasteiger partial charge in [0.15, 0.2) is 0 Å². The summed E-state index contributed by atoms with van der Waals surface area (Å²) < 4.78 is 0. The number of carbonyl (C=O) groups excluding carboxylic acids is 2. The normalized spacial score (nSPS) is 19.7. The first-order valence-electron chi connectivity index (χ1n) is 9.13. The van der Waals surface area contributed by atoms with Crippen molar-refractivity contribution in [2.45, 2.75) is 19.3 Å². The molecule has 7 heteroatoms. The zero-order valence-corrected chi connectivity index (χ0v) is 16.6. The van der Waals surface area contributed by atoms with Crippen LogP contribution in [0.3, 0.4) is 0 Å². The summed E-state index contributed by atoms with van der Waals surface area (Å²) in [6.07, 6.45) is 1.81. The van der Waals surface area contributed by atoms with E-state index in [1.54, 1.807) is 12.1 Å². The number of benzene rings is 1. The number of carbonyl (C=O) groups is 2. The van der Waals surface area contributed by atoms with Crippen LogP contribution in [0.2, 0.25) is 10.0 Å². The van der Waals surface area contributed by atoms with Crippen LogP contribution in [-0.2, 0) is 16.0 Å². The second-order valence-corrected chi connectivity index (χ2v) is 8.02. The van der Waals surface area contributed by atoms with Crippen molar-refractivity contribution in [1.29, 1.82) is 0 Å². The van der Waals surface area contributed by atoms with Crippen LogP contribution in [0.5, 0.6) is 0 Å². The molecular weight excluding hydrogens is 373 g/mol. The smallest absolute Gasteiger partial charge is 0.226 e. The third kappa shape index (κ3) is 4.70. The highest BCUT2D eigenvalue weighted by Gasteiger charge is 2.31. The summed E-state index contributed by atoms with van der Waals surface area (Å²) in [7, 11) is 2.08. The fraction of sp³-hybridized carbons (Fsp3) is 0.579. The van der Waals surface area contributed by atoms with E-state index in [1.807, 2.05) is 15.9 Å². The summed E-state index contributed by atoms with van der Waals surface area (Å²) in [5.41, 5.74) is 0.861. The number of piperidine rings is 1. The maximum absolute atomic E-state index is 12.7. The molecule has 0 saturated carbocycles. The van der Waals surface area contributed by atoms with E-state index in [4.69, 9.17) is 23.2 Å². The molecule has 1 aromatic carbocycles. The largest absolute Gasteiger partial charge is 0.342 e. The van der Waals surface area contributed by atoms with Crippen molar-refractivity contribution in [2.24, 2.45) is 5.92 Å². The van der Waals surface area contributed by atoms with Crippen LogP contribution in [0, 0.1) is 5.92 Å². The fourth-order valence-electron chi connectivity index (χ4n) is 3.60. The molecule has 0 aliphatic carbocycles. The first kappa shape index (κ1) is 19.5. The molecule has 0 radical (unpaired) electrons. The molecule has 142 valence electrons. The SMILES string of the molecule is CN1CCN(C(=O)C2CCN(C(=O)Cc3ccc(Cl)c(Cl)c3)CC2)CC1. The van der Waals surface area contributed by atoms with Gasteiger partial charge in [0.25, 0.3) is 0 Å². The molecule has 0 bridgehead atoms. The number of nitrogens with zero attached hydrogens (tertiary/aromatic N) is 3. The summed E-state index contributed by atoms with van der Waals surface area (Å²) in [5.74, 6) is 0.385. The average molecular weight is 398 g/mol. The summed E-state index contributed by atoms with van der Waals surface area (Å²) >= 11 is 11.9. The molecule has 2 aliphatic heterocycles. The summed E-state index contributed by atoms with van der Waals surface area (Å²) in [4.78, 5) is 31.3. The molecule has 2 heterocycles. The maximum atomic E-state index is 12.7. The van der Waals surface area contributed by atoms with E-state index in [1.165, 1.54) is 0 Å². The van der Waals surface area contributed by atoms with Gasteiger partial charge in [-0.2, -0.15) is 0 Å². The molecule has 2 amide bonds. The summed E-state index contributed by atoms with van der Waals surface area (Å²) in [5, 5.41) is 0.958. The molecule has 5 nitrogen and oxygen atoms in total. The van der Waals surface area contributed by atoms with Gasteiger partial charge in [-0.3, -0.25) is 9.59 Å². The number of hydrogen-bond acceptors (Lipinski definition) is 3. The first-order valence-corrected chi connectivity index (χ1v) is 9.88. The van der Waals surface area contributed by atoms with Gasteiger partial charge in [-0.05, 0) is 37.6 Å². The maximum Gasteiger partial charge on any atom is 0.226 e. The Morgan fingerprint density at radius 1 is 0.962 bits per heavy atom. The number of piperazine rings is 1. The molecule has 2 saturated heterocycles. The van der Waals surface area contributed by atoms with E-state index in [0.29, 0.717) is 29.6 Å². The van der Waals surface area contributed by atoms with Gasteiger partial charge >= 0.3 is 0 Å². The van der Waals surface area contributed by atoms with Crippen LogP contribution >= 0.6 is 23.2 Å². The van der Waals surface area contributed by atoms with E-state index in [-0.39, 0.29) is 17.7 Å². The van der Waals surface area contributed by atoms with E-state index in [2.05, 4.69) is 11.9 Å². The predicted molar refractivity (Wildman–Crippen MR) is 104 cm³/mol. The highest BCUT2D eigenvalue weighted by atomic mass is 35.5. The van der Waals surface area contributed by atoms with Crippen LogP contribution in [-0.4, -0.2) is 72.8 Å². The van der Waals surface area contributed by atoms with Crippen LogP contribution in [0.25, 0.3) is 0 Å². The highest BCUT2D eigenvalue weighted by molar-refractivity contribution is 6.42. The molecule has 0 aromatic heterocycles. The zero-order chi connectivity index (χ0) is 18.7. The van der Waals surface area contributed by atoms with Gasteiger partial charge < -0.3 is 14.7 Å². The lowest BCUT2D eigenvalue weighted by molar-refractivity contribution is -0.141. The Balaban J connectivity index is 1.49. The molecule has 0 spiro atoms. The van der Waals surface area contributed by atoms with Crippen molar-refractivity contribution in [2.75, 3.05) is 46.3 Å². The minimum absolute atomic E-state index is 0.0485. The number of likely N-dealkylation sites (tertiary alicyclic amines) is 1. The Bertz CT molecular complexity index is 667. The third-order valence-corrected chi connectivity index (χ3v) is 6.09. The Morgan fingerprint density at radius 3 is 2.23 bits per heavy atom. The molecule has 2 aliphatic rings. The van der Waals surface area contributed by atoms with Gasteiger partial charge in [-0.1, -0.05) is 29.3 Å². The lowest BCUT2D eigenvalue weighted by Crippen LogP contribution is -2.51. The van der Waals surface area contributed by atoms with Gasteiger partial charge in [0, 0.05) is 45.2 Å². The van der Waals surface area contributed by atoms with Crippen LogP contribution in [0.1, 0.15) is 18.4 Å². The number of halogens is 2. The van der Waals surface area contributed by atoms with Crippen molar-refractivity contribution < 1.29 is 9.59 Å². The molecule has 2 fully saturated rings. The first-order chi connectivity index (χ1) is 12.4. The predicted octanol–water partition coefficient (Wildman–Crippen LogP) is 2.55. The zero-order valence-electron chi connectivity index (χ0n) is 15.1. The number of hydrogen-bond donors (Lipinski definition) is 0. The standard InChI is InChI=1S/C19H25Cl2N3O2/c1-22-8-10-24(11-9-22)19(26)15-4-6-23(7-5-15)18(25)13-14-2-3-16(20)17(21)12-14/h2-3,12,15H,4-11,13H2,1H3. The van der Waals surface area contributed by atoms with Gasteiger partial charge in [-0.15, -0.1) is 0 Å². The quantitative estimate of drug-likeness (QED) is 0.786. The van der Waals surface area contributed by atoms with Gasteiger partial charge in [0.05, 0.1) is 16.5 Å². The van der Waals surface area contributed by atoms with Gasteiger partial charge in [0.1, 0.15) is 0 Å². The summed E-state index contributed by atoms with van der Waals surface area (Å²) in [6.45, 7) is 4.78. The number of amides is 2. The molecular formula is C19H25Cl2N3O2.